The van der Waals surface area contributed by atoms with E-state index in [4.69, 9.17) is 9.47 Å². The van der Waals surface area contributed by atoms with E-state index in [-0.39, 0.29) is 0 Å². The van der Waals surface area contributed by atoms with Crippen LogP contribution in [0.25, 0.3) is 0 Å². The number of hydrogen-bond acceptors (Lipinski definition) is 3. The van der Waals surface area contributed by atoms with Crippen LogP contribution in [-0.4, -0.2) is 20.3 Å². The monoisotopic (exact) mass is 285 g/mol. The van der Waals surface area contributed by atoms with Crippen LogP contribution in [0.2, 0.25) is 0 Å². The minimum absolute atomic E-state index is 0.715. The molecule has 1 aromatic carbocycles. The molecular formula is C12H16BrNO2. The van der Waals surface area contributed by atoms with Crippen molar-refractivity contribution < 1.29 is 9.47 Å². The highest BCUT2D eigenvalue weighted by atomic mass is 79.9. The fraction of sp³-hybridized carbons (Fsp3) is 0.500. The fourth-order valence-electron chi connectivity index (χ4n) is 1.62. The lowest BCUT2D eigenvalue weighted by molar-refractivity contribution is 0.352. The van der Waals surface area contributed by atoms with E-state index >= 15 is 0 Å². The lowest BCUT2D eigenvalue weighted by atomic mass is 10.2. The molecule has 1 aromatic rings. The van der Waals surface area contributed by atoms with Crippen LogP contribution in [-0.2, 0) is 6.54 Å². The summed E-state index contributed by atoms with van der Waals surface area (Å²) in [5, 5.41) is 3.47. The van der Waals surface area contributed by atoms with Crippen LogP contribution < -0.4 is 14.8 Å². The Hall–Kier alpha value is -0.740. The van der Waals surface area contributed by atoms with Gasteiger partial charge >= 0.3 is 0 Å². The fourth-order valence-corrected chi connectivity index (χ4v) is 2.27. The highest BCUT2D eigenvalue weighted by Crippen LogP contribution is 2.36. The molecule has 0 bridgehead atoms. The molecule has 1 N–H and O–H groups in total. The van der Waals surface area contributed by atoms with E-state index in [2.05, 4.69) is 27.3 Å². The summed E-state index contributed by atoms with van der Waals surface area (Å²) in [5.41, 5.74) is 1.21. The molecule has 1 saturated carbocycles. The van der Waals surface area contributed by atoms with Gasteiger partial charge in [-0.25, -0.2) is 0 Å². The maximum Gasteiger partial charge on any atom is 0.174 e. The van der Waals surface area contributed by atoms with Crippen molar-refractivity contribution in [3.8, 4) is 11.5 Å². The number of hydrogen-bond donors (Lipinski definition) is 1. The largest absolute Gasteiger partial charge is 0.493 e. The summed E-state index contributed by atoms with van der Waals surface area (Å²) in [6.07, 6.45) is 2.60. The van der Waals surface area contributed by atoms with Crippen LogP contribution in [0.15, 0.2) is 16.6 Å². The third kappa shape index (κ3) is 2.68. The maximum absolute atomic E-state index is 5.30. The molecular weight excluding hydrogens is 270 g/mol. The van der Waals surface area contributed by atoms with E-state index in [1.54, 1.807) is 14.2 Å². The number of methoxy groups -OCH3 is 2. The Kier molecular flexibility index (Phi) is 3.71. The van der Waals surface area contributed by atoms with Crippen molar-refractivity contribution in [2.75, 3.05) is 14.2 Å². The molecule has 0 heterocycles. The zero-order valence-electron chi connectivity index (χ0n) is 9.55. The first kappa shape index (κ1) is 11.7. The molecule has 0 amide bonds. The van der Waals surface area contributed by atoms with Gasteiger partial charge in [0.2, 0.25) is 0 Å². The maximum atomic E-state index is 5.30. The SMILES string of the molecule is COc1cc(CNC2CC2)cc(Br)c1OC. The third-order valence-electron chi connectivity index (χ3n) is 2.67. The van der Waals surface area contributed by atoms with Crippen LogP contribution in [0, 0.1) is 0 Å². The summed E-state index contributed by atoms with van der Waals surface area (Å²) in [4.78, 5) is 0. The predicted molar refractivity (Wildman–Crippen MR) is 67.1 cm³/mol. The summed E-state index contributed by atoms with van der Waals surface area (Å²) < 4.78 is 11.5. The molecule has 3 nitrogen and oxygen atoms in total. The van der Waals surface area contributed by atoms with E-state index in [0.717, 1.165) is 22.5 Å². The van der Waals surface area contributed by atoms with Crippen LogP contribution >= 0.6 is 15.9 Å². The Morgan fingerprint density at radius 3 is 2.62 bits per heavy atom. The Morgan fingerprint density at radius 1 is 1.31 bits per heavy atom. The van der Waals surface area contributed by atoms with E-state index in [1.807, 2.05) is 6.07 Å². The number of nitrogens with one attached hydrogen (secondary N) is 1. The second-order valence-corrected chi connectivity index (χ2v) is 4.82. The van der Waals surface area contributed by atoms with E-state index in [0.29, 0.717) is 6.04 Å². The molecule has 0 spiro atoms. The van der Waals surface area contributed by atoms with Crippen LogP contribution in [0.4, 0.5) is 0 Å². The molecule has 2 rings (SSSR count). The Labute approximate surface area is 104 Å². The lowest BCUT2D eigenvalue weighted by Gasteiger charge is -2.12. The molecule has 0 aromatic heterocycles. The van der Waals surface area contributed by atoms with Gasteiger partial charge < -0.3 is 14.8 Å². The van der Waals surface area contributed by atoms with Gasteiger partial charge in [0, 0.05) is 12.6 Å². The molecule has 0 saturated heterocycles. The number of rotatable bonds is 5. The van der Waals surface area contributed by atoms with Gasteiger partial charge in [-0.15, -0.1) is 0 Å². The summed E-state index contributed by atoms with van der Waals surface area (Å²) >= 11 is 3.49. The summed E-state index contributed by atoms with van der Waals surface area (Å²) in [6, 6.07) is 4.79. The summed E-state index contributed by atoms with van der Waals surface area (Å²) in [5.74, 6) is 1.52. The van der Waals surface area contributed by atoms with E-state index in [9.17, 15) is 0 Å². The van der Waals surface area contributed by atoms with Crippen LogP contribution in [0.3, 0.4) is 0 Å². The predicted octanol–water partition coefficient (Wildman–Crippen LogP) is 2.72. The molecule has 0 unspecified atom stereocenters. The van der Waals surface area contributed by atoms with Crippen molar-refractivity contribution in [3.63, 3.8) is 0 Å². The normalized spacial score (nSPS) is 14.9. The zero-order chi connectivity index (χ0) is 11.5. The van der Waals surface area contributed by atoms with E-state index in [1.165, 1.54) is 18.4 Å². The average molecular weight is 286 g/mol. The molecule has 0 aliphatic heterocycles. The molecule has 4 heteroatoms. The summed E-state index contributed by atoms with van der Waals surface area (Å²) in [7, 11) is 3.30. The highest BCUT2D eigenvalue weighted by Gasteiger charge is 2.20. The van der Waals surface area contributed by atoms with Gasteiger partial charge in [-0.3, -0.25) is 0 Å². The van der Waals surface area contributed by atoms with Crippen molar-refractivity contribution in [2.24, 2.45) is 0 Å². The first-order valence-electron chi connectivity index (χ1n) is 5.38. The quantitative estimate of drug-likeness (QED) is 0.902. The molecule has 0 radical (unpaired) electrons. The summed E-state index contributed by atoms with van der Waals surface area (Å²) in [6.45, 7) is 0.879. The van der Waals surface area contributed by atoms with Crippen molar-refractivity contribution in [1.29, 1.82) is 0 Å². The minimum Gasteiger partial charge on any atom is -0.493 e. The number of benzene rings is 1. The third-order valence-corrected chi connectivity index (χ3v) is 3.25. The Bertz CT molecular complexity index is 378. The van der Waals surface area contributed by atoms with Gasteiger partial charge in [-0.1, -0.05) is 0 Å². The molecule has 0 atom stereocenters. The Balaban J connectivity index is 2.15. The molecule has 1 aliphatic rings. The zero-order valence-corrected chi connectivity index (χ0v) is 11.1. The van der Waals surface area contributed by atoms with E-state index < -0.39 is 0 Å². The van der Waals surface area contributed by atoms with Gasteiger partial charge in [0.1, 0.15) is 0 Å². The van der Waals surface area contributed by atoms with Crippen LogP contribution in [0.5, 0.6) is 11.5 Å². The highest BCUT2D eigenvalue weighted by molar-refractivity contribution is 9.10. The lowest BCUT2D eigenvalue weighted by Crippen LogP contribution is -2.15. The second kappa shape index (κ2) is 5.06. The molecule has 16 heavy (non-hydrogen) atoms. The Morgan fingerprint density at radius 2 is 2.06 bits per heavy atom. The van der Waals surface area contributed by atoms with Gasteiger partial charge in [0.25, 0.3) is 0 Å². The van der Waals surface area contributed by atoms with Crippen molar-refractivity contribution >= 4 is 15.9 Å². The van der Waals surface area contributed by atoms with Crippen molar-refractivity contribution in [1.82, 2.24) is 5.32 Å². The van der Waals surface area contributed by atoms with Gasteiger partial charge in [-0.05, 0) is 46.5 Å². The average Bonchev–Trinajstić information content (AvgIpc) is 3.09. The number of ether oxygens (including phenoxy) is 2. The van der Waals surface area contributed by atoms with Crippen molar-refractivity contribution in [3.05, 3.63) is 22.2 Å². The van der Waals surface area contributed by atoms with Gasteiger partial charge in [-0.2, -0.15) is 0 Å². The number of halogens is 1. The first-order chi connectivity index (χ1) is 7.74. The van der Waals surface area contributed by atoms with Gasteiger partial charge in [0.15, 0.2) is 11.5 Å². The topological polar surface area (TPSA) is 30.5 Å². The van der Waals surface area contributed by atoms with Crippen molar-refractivity contribution in [2.45, 2.75) is 25.4 Å². The smallest absolute Gasteiger partial charge is 0.174 e. The molecule has 88 valence electrons. The second-order valence-electron chi connectivity index (χ2n) is 3.97. The molecule has 1 fully saturated rings. The standard InChI is InChI=1S/C12H16BrNO2/c1-15-11-6-8(7-14-9-3-4-9)5-10(13)12(11)16-2/h5-6,9,14H,3-4,7H2,1-2H3. The molecule has 1 aliphatic carbocycles. The van der Waals surface area contributed by atoms with Gasteiger partial charge in [0.05, 0.1) is 18.7 Å². The first-order valence-corrected chi connectivity index (χ1v) is 6.17. The minimum atomic E-state index is 0.715. The van der Waals surface area contributed by atoms with Crippen LogP contribution in [0.1, 0.15) is 18.4 Å².